The lowest BCUT2D eigenvalue weighted by Crippen LogP contribution is -2.26. The van der Waals surface area contributed by atoms with Gasteiger partial charge in [0.25, 0.3) is 5.91 Å². The molecular formula is C25H24N4O2. The maximum atomic E-state index is 13.4. The average Bonchev–Trinajstić information content (AvgIpc) is 3.27. The summed E-state index contributed by atoms with van der Waals surface area (Å²) >= 11 is 0. The van der Waals surface area contributed by atoms with E-state index in [0.29, 0.717) is 24.4 Å². The Hall–Kier alpha value is -3.93. The van der Waals surface area contributed by atoms with Crippen molar-refractivity contribution in [1.82, 2.24) is 19.7 Å². The van der Waals surface area contributed by atoms with Crippen LogP contribution in [0.15, 0.2) is 85.3 Å². The van der Waals surface area contributed by atoms with E-state index in [1.165, 1.54) is 0 Å². The molecule has 0 aliphatic rings. The quantitative estimate of drug-likeness (QED) is 0.445. The summed E-state index contributed by atoms with van der Waals surface area (Å²) < 4.78 is 7.23. The third kappa shape index (κ3) is 4.64. The molecule has 0 saturated carbocycles. The second kappa shape index (κ2) is 9.26. The Kier molecular flexibility index (Phi) is 6.08. The number of para-hydroxylation sites is 1. The number of carbonyl (C=O) groups is 1. The number of rotatable bonds is 7. The Morgan fingerprint density at radius 3 is 2.48 bits per heavy atom. The highest BCUT2D eigenvalue weighted by Gasteiger charge is 2.22. The molecule has 0 saturated heterocycles. The van der Waals surface area contributed by atoms with Crippen molar-refractivity contribution in [2.75, 3.05) is 13.7 Å². The minimum atomic E-state index is -0.102. The summed E-state index contributed by atoms with van der Waals surface area (Å²) in [6.45, 7) is 3.06. The van der Waals surface area contributed by atoms with Crippen molar-refractivity contribution in [3.05, 3.63) is 96.4 Å². The highest BCUT2D eigenvalue weighted by Crippen LogP contribution is 2.25. The minimum Gasteiger partial charge on any atom is -0.494 e. The van der Waals surface area contributed by atoms with Gasteiger partial charge >= 0.3 is 0 Å². The summed E-state index contributed by atoms with van der Waals surface area (Å²) in [6, 6.07) is 21.3. The number of carbonyl (C=O) groups excluding carboxylic acids is 1. The molecule has 0 N–H and O–H groups in total. The largest absolute Gasteiger partial charge is 0.494 e. The van der Waals surface area contributed by atoms with Gasteiger partial charge in [0.1, 0.15) is 11.4 Å². The smallest absolute Gasteiger partial charge is 0.257 e. The van der Waals surface area contributed by atoms with Gasteiger partial charge in [0.2, 0.25) is 0 Å². The zero-order chi connectivity index (χ0) is 21.6. The van der Waals surface area contributed by atoms with Crippen LogP contribution in [0, 0.1) is 0 Å². The number of ether oxygens (including phenoxy) is 1. The van der Waals surface area contributed by atoms with Gasteiger partial charge in [0.15, 0.2) is 0 Å². The van der Waals surface area contributed by atoms with Crippen LogP contribution in [0.3, 0.4) is 0 Å². The van der Waals surface area contributed by atoms with E-state index in [2.05, 4.69) is 4.98 Å². The van der Waals surface area contributed by atoms with E-state index < -0.39 is 0 Å². The minimum absolute atomic E-state index is 0.102. The molecule has 6 heteroatoms. The van der Waals surface area contributed by atoms with E-state index in [0.717, 1.165) is 22.6 Å². The van der Waals surface area contributed by atoms with Gasteiger partial charge in [-0.25, -0.2) is 4.68 Å². The predicted molar refractivity (Wildman–Crippen MR) is 120 cm³/mol. The first-order chi connectivity index (χ1) is 15.2. The molecule has 2 aromatic heterocycles. The van der Waals surface area contributed by atoms with Crippen molar-refractivity contribution in [3.63, 3.8) is 0 Å². The van der Waals surface area contributed by atoms with Crippen molar-refractivity contribution >= 4 is 5.91 Å². The van der Waals surface area contributed by atoms with E-state index in [-0.39, 0.29) is 5.91 Å². The first-order valence-corrected chi connectivity index (χ1v) is 10.2. The molecule has 0 unspecified atom stereocenters. The molecular weight excluding hydrogens is 388 g/mol. The standard InChI is InChI=1S/C25H24N4O2/c1-3-31-22-13-11-19(12-14-22)17-28(2)25(30)23-18-29(21-9-5-4-6-10-21)27-24(23)20-8-7-15-26-16-20/h4-16,18H,3,17H2,1-2H3. The molecule has 31 heavy (non-hydrogen) atoms. The Labute approximate surface area is 181 Å². The average molecular weight is 412 g/mol. The van der Waals surface area contributed by atoms with Gasteiger partial charge in [0, 0.05) is 37.7 Å². The Morgan fingerprint density at radius 2 is 1.81 bits per heavy atom. The van der Waals surface area contributed by atoms with E-state index in [4.69, 9.17) is 9.84 Å². The normalized spacial score (nSPS) is 10.6. The molecule has 4 rings (SSSR count). The van der Waals surface area contributed by atoms with Crippen LogP contribution < -0.4 is 4.74 Å². The molecule has 1 amide bonds. The monoisotopic (exact) mass is 412 g/mol. The van der Waals surface area contributed by atoms with Gasteiger partial charge in [-0.1, -0.05) is 30.3 Å². The van der Waals surface area contributed by atoms with Gasteiger partial charge in [-0.3, -0.25) is 9.78 Å². The molecule has 156 valence electrons. The summed E-state index contributed by atoms with van der Waals surface area (Å²) in [7, 11) is 1.80. The fourth-order valence-electron chi connectivity index (χ4n) is 3.37. The lowest BCUT2D eigenvalue weighted by molar-refractivity contribution is 0.0786. The van der Waals surface area contributed by atoms with Crippen molar-refractivity contribution in [2.24, 2.45) is 0 Å². The summed E-state index contributed by atoms with van der Waals surface area (Å²) in [6.07, 6.45) is 5.22. The molecule has 0 spiro atoms. The lowest BCUT2D eigenvalue weighted by atomic mass is 10.1. The molecule has 0 aliphatic carbocycles. The van der Waals surface area contributed by atoms with Crippen LogP contribution in [-0.2, 0) is 6.54 Å². The van der Waals surface area contributed by atoms with Crippen molar-refractivity contribution < 1.29 is 9.53 Å². The molecule has 2 aromatic carbocycles. The molecule has 4 aromatic rings. The number of benzene rings is 2. The first-order valence-electron chi connectivity index (χ1n) is 10.2. The molecule has 0 bridgehead atoms. The third-order valence-corrected chi connectivity index (χ3v) is 4.90. The Balaban J connectivity index is 1.63. The fourth-order valence-corrected chi connectivity index (χ4v) is 3.37. The van der Waals surface area contributed by atoms with Crippen LogP contribution in [-0.4, -0.2) is 39.2 Å². The van der Waals surface area contributed by atoms with Crippen LogP contribution in [0.25, 0.3) is 16.9 Å². The van der Waals surface area contributed by atoms with Crippen LogP contribution in [0.4, 0.5) is 0 Å². The van der Waals surface area contributed by atoms with E-state index >= 15 is 0 Å². The summed E-state index contributed by atoms with van der Waals surface area (Å²) in [5.74, 6) is 0.721. The molecule has 6 nitrogen and oxygen atoms in total. The predicted octanol–water partition coefficient (Wildman–Crippen LogP) is 4.61. The van der Waals surface area contributed by atoms with E-state index in [1.54, 1.807) is 35.2 Å². The topological polar surface area (TPSA) is 60.2 Å². The molecule has 0 aliphatic heterocycles. The third-order valence-electron chi connectivity index (χ3n) is 4.90. The van der Waals surface area contributed by atoms with Gasteiger partial charge in [-0.15, -0.1) is 0 Å². The summed E-state index contributed by atoms with van der Waals surface area (Å²) in [5, 5.41) is 4.71. The highest BCUT2D eigenvalue weighted by atomic mass is 16.5. The molecule has 2 heterocycles. The number of hydrogen-bond acceptors (Lipinski definition) is 4. The van der Waals surface area contributed by atoms with Crippen molar-refractivity contribution in [1.29, 1.82) is 0 Å². The second-order valence-corrected chi connectivity index (χ2v) is 7.15. The fraction of sp³-hybridized carbons (Fsp3) is 0.160. The van der Waals surface area contributed by atoms with E-state index in [9.17, 15) is 4.79 Å². The van der Waals surface area contributed by atoms with Gasteiger partial charge < -0.3 is 9.64 Å². The number of pyridine rings is 1. The SMILES string of the molecule is CCOc1ccc(CN(C)C(=O)c2cn(-c3ccccc3)nc2-c2cccnc2)cc1. The maximum Gasteiger partial charge on any atom is 0.257 e. The molecule has 0 radical (unpaired) electrons. The molecule has 0 atom stereocenters. The number of nitrogens with zero attached hydrogens (tertiary/aromatic N) is 4. The molecule has 0 fully saturated rings. The van der Waals surface area contributed by atoms with E-state index in [1.807, 2.05) is 73.7 Å². The van der Waals surface area contributed by atoms with Crippen molar-refractivity contribution in [2.45, 2.75) is 13.5 Å². The lowest BCUT2D eigenvalue weighted by Gasteiger charge is -2.17. The zero-order valence-corrected chi connectivity index (χ0v) is 17.6. The maximum absolute atomic E-state index is 13.4. The first kappa shape index (κ1) is 20.3. The van der Waals surface area contributed by atoms with Crippen LogP contribution >= 0.6 is 0 Å². The van der Waals surface area contributed by atoms with Crippen LogP contribution in [0.1, 0.15) is 22.8 Å². The second-order valence-electron chi connectivity index (χ2n) is 7.15. The Bertz CT molecular complexity index is 1140. The van der Waals surface area contributed by atoms with Gasteiger partial charge in [0.05, 0.1) is 17.9 Å². The number of hydrogen-bond donors (Lipinski definition) is 0. The summed E-state index contributed by atoms with van der Waals surface area (Å²) in [4.78, 5) is 19.3. The highest BCUT2D eigenvalue weighted by molar-refractivity contribution is 5.99. The zero-order valence-electron chi connectivity index (χ0n) is 17.6. The van der Waals surface area contributed by atoms with Gasteiger partial charge in [-0.2, -0.15) is 5.10 Å². The van der Waals surface area contributed by atoms with Crippen LogP contribution in [0.2, 0.25) is 0 Å². The number of amides is 1. The Morgan fingerprint density at radius 1 is 1.03 bits per heavy atom. The van der Waals surface area contributed by atoms with Crippen LogP contribution in [0.5, 0.6) is 5.75 Å². The van der Waals surface area contributed by atoms with Gasteiger partial charge in [-0.05, 0) is 48.9 Å². The summed E-state index contributed by atoms with van der Waals surface area (Å²) in [5.41, 5.74) is 3.86. The number of aromatic nitrogens is 3. The van der Waals surface area contributed by atoms with Crippen molar-refractivity contribution in [3.8, 4) is 22.7 Å².